The molecule has 5 rings (SSSR count). The van der Waals surface area contributed by atoms with E-state index in [1.807, 2.05) is 18.2 Å². The van der Waals surface area contributed by atoms with E-state index >= 15 is 0 Å². The number of fused-ring (bicyclic) bond motifs is 4. The molecule has 22 heavy (non-hydrogen) atoms. The van der Waals surface area contributed by atoms with Crippen molar-refractivity contribution in [1.29, 1.82) is 0 Å². The van der Waals surface area contributed by atoms with Crippen LogP contribution in [0.25, 0.3) is 10.1 Å². The van der Waals surface area contributed by atoms with Gasteiger partial charge in [0.1, 0.15) is 11.4 Å². The lowest BCUT2D eigenvalue weighted by molar-refractivity contribution is 0.0619. The van der Waals surface area contributed by atoms with Gasteiger partial charge in [-0.1, -0.05) is 0 Å². The molecule has 3 fully saturated rings. The second-order valence-corrected chi connectivity index (χ2v) is 6.92. The van der Waals surface area contributed by atoms with Crippen molar-refractivity contribution in [2.45, 2.75) is 18.9 Å². The van der Waals surface area contributed by atoms with Gasteiger partial charge in [0.15, 0.2) is 0 Å². The largest absolute Gasteiger partial charge is 0.497 e. The zero-order valence-corrected chi connectivity index (χ0v) is 13.4. The number of rotatable bonds is 3. The van der Waals surface area contributed by atoms with Crippen LogP contribution < -0.4 is 10.1 Å². The number of amides is 1. The van der Waals surface area contributed by atoms with Crippen LogP contribution >= 0.6 is 11.5 Å². The Balaban J connectivity index is 1.57. The Bertz CT molecular complexity index is 706. The lowest BCUT2D eigenvalue weighted by Crippen LogP contribution is -2.57. The standard InChI is InChI=1S/C16H19N3O2S/c1-21-11-2-3-14-12(8-11)15(18-22-14)16(20)17-13-9-19-6-4-10(13)5-7-19/h2-3,8,10,13H,4-7,9H2,1H3,(H,17,20)/t13-/m1/s1. The number of methoxy groups -OCH3 is 1. The van der Waals surface area contributed by atoms with E-state index in [-0.39, 0.29) is 11.9 Å². The van der Waals surface area contributed by atoms with Gasteiger partial charge in [0.2, 0.25) is 0 Å². The monoisotopic (exact) mass is 317 g/mol. The molecule has 0 spiro atoms. The molecule has 1 aromatic heterocycles. The van der Waals surface area contributed by atoms with Crippen molar-refractivity contribution in [3.63, 3.8) is 0 Å². The first-order valence-corrected chi connectivity index (χ1v) is 8.48. The van der Waals surface area contributed by atoms with E-state index in [9.17, 15) is 4.79 Å². The van der Waals surface area contributed by atoms with E-state index in [0.29, 0.717) is 11.6 Å². The normalized spacial score (nSPS) is 27.0. The van der Waals surface area contributed by atoms with E-state index in [1.54, 1.807) is 7.11 Å². The third-order valence-corrected chi connectivity index (χ3v) is 5.69. The highest BCUT2D eigenvalue weighted by Gasteiger charge is 2.35. The molecule has 0 saturated carbocycles. The lowest BCUT2D eigenvalue weighted by Gasteiger charge is -2.44. The summed E-state index contributed by atoms with van der Waals surface area (Å²) in [6, 6.07) is 6.01. The van der Waals surface area contributed by atoms with E-state index in [0.717, 1.165) is 22.4 Å². The first-order chi connectivity index (χ1) is 10.7. The van der Waals surface area contributed by atoms with E-state index in [1.165, 1.54) is 37.5 Å². The predicted molar refractivity (Wildman–Crippen MR) is 86.6 cm³/mol. The van der Waals surface area contributed by atoms with Crippen LogP contribution in [-0.4, -0.2) is 48.0 Å². The van der Waals surface area contributed by atoms with Crippen LogP contribution in [-0.2, 0) is 0 Å². The van der Waals surface area contributed by atoms with Gasteiger partial charge < -0.3 is 15.0 Å². The summed E-state index contributed by atoms with van der Waals surface area (Å²) in [4.78, 5) is 15.1. The van der Waals surface area contributed by atoms with Crippen LogP contribution in [0.4, 0.5) is 0 Å². The number of hydrogen-bond donors (Lipinski definition) is 1. The van der Waals surface area contributed by atoms with Crippen molar-refractivity contribution in [3.8, 4) is 5.75 Å². The van der Waals surface area contributed by atoms with Crippen molar-refractivity contribution in [1.82, 2.24) is 14.6 Å². The Morgan fingerprint density at radius 3 is 2.91 bits per heavy atom. The Morgan fingerprint density at radius 2 is 2.23 bits per heavy atom. The number of carbonyl (C=O) groups is 1. The third-order valence-electron chi connectivity index (χ3n) is 4.86. The molecule has 0 aliphatic carbocycles. The quantitative estimate of drug-likeness (QED) is 0.942. The predicted octanol–water partition coefficient (Wildman–Crippen LogP) is 2.13. The second-order valence-electron chi connectivity index (χ2n) is 6.11. The van der Waals surface area contributed by atoms with Gasteiger partial charge in [0.25, 0.3) is 5.91 Å². The molecule has 3 aliphatic heterocycles. The van der Waals surface area contributed by atoms with Crippen molar-refractivity contribution in [2.24, 2.45) is 5.92 Å². The van der Waals surface area contributed by atoms with Crippen molar-refractivity contribution >= 4 is 27.5 Å². The summed E-state index contributed by atoms with van der Waals surface area (Å²) >= 11 is 1.36. The van der Waals surface area contributed by atoms with Crippen LogP contribution in [0.2, 0.25) is 0 Å². The third kappa shape index (κ3) is 2.36. The molecule has 0 unspecified atom stereocenters. The van der Waals surface area contributed by atoms with Gasteiger partial charge >= 0.3 is 0 Å². The lowest BCUT2D eigenvalue weighted by atomic mass is 9.84. The maximum Gasteiger partial charge on any atom is 0.271 e. The Morgan fingerprint density at radius 1 is 1.41 bits per heavy atom. The molecule has 0 radical (unpaired) electrons. The van der Waals surface area contributed by atoms with Gasteiger partial charge in [-0.15, -0.1) is 0 Å². The van der Waals surface area contributed by atoms with Gasteiger partial charge in [-0.3, -0.25) is 4.79 Å². The maximum absolute atomic E-state index is 12.6. The number of aromatic nitrogens is 1. The molecule has 4 heterocycles. The highest BCUT2D eigenvalue weighted by atomic mass is 32.1. The van der Waals surface area contributed by atoms with Gasteiger partial charge in [-0.05, 0) is 61.6 Å². The Kier molecular flexibility index (Phi) is 3.50. The number of nitrogens with zero attached hydrogens (tertiary/aromatic N) is 2. The average molecular weight is 317 g/mol. The van der Waals surface area contributed by atoms with Crippen LogP contribution in [0.1, 0.15) is 23.3 Å². The van der Waals surface area contributed by atoms with Gasteiger partial charge in [-0.25, -0.2) is 0 Å². The maximum atomic E-state index is 12.6. The first kappa shape index (κ1) is 14.0. The van der Waals surface area contributed by atoms with E-state index in [4.69, 9.17) is 4.74 Å². The van der Waals surface area contributed by atoms with Crippen LogP contribution in [0.3, 0.4) is 0 Å². The summed E-state index contributed by atoms with van der Waals surface area (Å²) in [5.74, 6) is 1.32. The summed E-state index contributed by atoms with van der Waals surface area (Å²) in [6.07, 6.45) is 2.38. The molecule has 1 N–H and O–H groups in total. The molecule has 2 aromatic rings. The van der Waals surface area contributed by atoms with Crippen LogP contribution in [0.5, 0.6) is 5.75 Å². The van der Waals surface area contributed by atoms with Crippen LogP contribution in [0, 0.1) is 5.92 Å². The molecular formula is C16H19N3O2S. The fraction of sp³-hybridized carbons (Fsp3) is 0.500. The summed E-state index contributed by atoms with van der Waals surface area (Å²) in [5, 5.41) is 4.08. The fourth-order valence-corrected chi connectivity index (χ4v) is 4.33. The first-order valence-electron chi connectivity index (χ1n) is 7.71. The molecule has 2 bridgehead atoms. The zero-order valence-electron chi connectivity index (χ0n) is 12.5. The SMILES string of the molecule is COc1ccc2snc(C(=O)N[C@@H]3CN4CCC3CC4)c2c1. The second kappa shape index (κ2) is 5.52. The van der Waals surface area contributed by atoms with Crippen molar-refractivity contribution < 1.29 is 9.53 Å². The minimum absolute atomic E-state index is 0.0572. The number of ether oxygens (including phenoxy) is 1. The zero-order chi connectivity index (χ0) is 15.1. The summed E-state index contributed by atoms with van der Waals surface area (Å²) in [7, 11) is 1.63. The number of benzene rings is 1. The number of nitrogens with one attached hydrogen (secondary N) is 1. The molecule has 5 nitrogen and oxygen atoms in total. The Hall–Kier alpha value is -1.66. The van der Waals surface area contributed by atoms with Crippen molar-refractivity contribution in [2.75, 3.05) is 26.7 Å². The van der Waals surface area contributed by atoms with Gasteiger partial charge in [0, 0.05) is 18.0 Å². The summed E-state index contributed by atoms with van der Waals surface area (Å²) in [5.41, 5.74) is 0.523. The minimum Gasteiger partial charge on any atom is -0.497 e. The molecule has 1 atom stereocenters. The number of piperidine rings is 3. The van der Waals surface area contributed by atoms with Gasteiger partial charge in [-0.2, -0.15) is 4.37 Å². The molecular weight excluding hydrogens is 298 g/mol. The number of hydrogen-bond acceptors (Lipinski definition) is 5. The fourth-order valence-electron chi connectivity index (χ4n) is 3.57. The molecule has 3 aliphatic rings. The molecule has 6 heteroatoms. The topological polar surface area (TPSA) is 54.5 Å². The summed E-state index contributed by atoms with van der Waals surface area (Å²) < 4.78 is 10.6. The Labute approximate surface area is 133 Å². The highest BCUT2D eigenvalue weighted by molar-refractivity contribution is 7.13. The molecule has 1 aromatic carbocycles. The highest BCUT2D eigenvalue weighted by Crippen LogP contribution is 2.29. The van der Waals surface area contributed by atoms with E-state index < -0.39 is 0 Å². The summed E-state index contributed by atoms with van der Waals surface area (Å²) in [6.45, 7) is 3.32. The average Bonchev–Trinajstić information content (AvgIpc) is 2.99. The van der Waals surface area contributed by atoms with Crippen molar-refractivity contribution in [3.05, 3.63) is 23.9 Å². The van der Waals surface area contributed by atoms with Crippen LogP contribution in [0.15, 0.2) is 18.2 Å². The molecule has 116 valence electrons. The minimum atomic E-state index is -0.0572. The smallest absolute Gasteiger partial charge is 0.271 e. The number of carbonyl (C=O) groups excluding carboxylic acids is 1. The van der Waals surface area contributed by atoms with E-state index in [2.05, 4.69) is 14.6 Å². The van der Waals surface area contributed by atoms with Gasteiger partial charge in [0.05, 0.1) is 11.8 Å². The molecule has 1 amide bonds. The molecule has 3 saturated heterocycles.